The van der Waals surface area contributed by atoms with Gasteiger partial charge in [0.25, 0.3) is 5.69 Å². The summed E-state index contributed by atoms with van der Waals surface area (Å²) in [5.41, 5.74) is 0.764. The second-order valence-electron chi connectivity index (χ2n) is 6.89. The van der Waals surface area contributed by atoms with Crippen LogP contribution in [-0.4, -0.2) is 41.9 Å². The fourth-order valence-electron chi connectivity index (χ4n) is 3.83. The molecule has 1 aromatic carbocycles. The van der Waals surface area contributed by atoms with E-state index in [-0.39, 0.29) is 22.4 Å². The molecule has 2 saturated heterocycles. The number of carbonyl (C=O) groups excluding carboxylic acids is 1. The Labute approximate surface area is 156 Å². The standard InChI is InChI=1S/C18H24BrN3O3/c19-15-5-6-16(17(13-15)22(24)25)20-11-7-14(8-12-20)18(23)21-9-3-1-2-4-10-21/h5-6,13-14H,1-4,7-12H2. The first-order chi connectivity index (χ1) is 12.1. The number of hydrogen-bond donors (Lipinski definition) is 0. The Hall–Kier alpha value is -1.63. The van der Waals surface area contributed by atoms with Crippen molar-refractivity contribution in [1.82, 2.24) is 4.90 Å². The van der Waals surface area contributed by atoms with Crippen LogP contribution in [0.4, 0.5) is 11.4 Å². The SMILES string of the molecule is O=C(C1CCN(c2ccc(Br)cc2[N+](=O)[O-])CC1)N1CCCCCC1. The molecule has 0 N–H and O–H groups in total. The Kier molecular flexibility index (Phi) is 5.93. The van der Waals surface area contributed by atoms with E-state index in [1.165, 1.54) is 12.8 Å². The lowest BCUT2D eigenvalue weighted by Crippen LogP contribution is -2.43. The predicted molar refractivity (Wildman–Crippen MR) is 101 cm³/mol. The van der Waals surface area contributed by atoms with Crippen LogP contribution in [0.5, 0.6) is 0 Å². The highest BCUT2D eigenvalue weighted by Gasteiger charge is 2.30. The molecule has 0 aromatic heterocycles. The first kappa shape index (κ1) is 18.2. The molecule has 6 nitrogen and oxygen atoms in total. The normalized spacial score (nSPS) is 19.6. The minimum atomic E-state index is -0.339. The molecule has 2 aliphatic heterocycles. The van der Waals surface area contributed by atoms with E-state index in [0.29, 0.717) is 23.2 Å². The van der Waals surface area contributed by atoms with Gasteiger partial charge in [-0.15, -0.1) is 0 Å². The second kappa shape index (κ2) is 8.17. The number of amides is 1. The lowest BCUT2D eigenvalue weighted by Gasteiger charge is -2.35. The number of hydrogen-bond acceptors (Lipinski definition) is 4. The number of halogens is 1. The molecule has 3 rings (SSSR count). The highest BCUT2D eigenvalue weighted by atomic mass is 79.9. The number of nitro groups is 1. The minimum Gasteiger partial charge on any atom is -0.366 e. The molecule has 0 radical (unpaired) electrons. The van der Waals surface area contributed by atoms with Gasteiger partial charge in [0.15, 0.2) is 0 Å². The van der Waals surface area contributed by atoms with E-state index in [4.69, 9.17) is 0 Å². The van der Waals surface area contributed by atoms with Crippen LogP contribution in [0.2, 0.25) is 0 Å². The molecule has 0 unspecified atom stereocenters. The van der Waals surface area contributed by atoms with Gasteiger partial charge in [0.2, 0.25) is 5.91 Å². The first-order valence-corrected chi connectivity index (χ1v) is 9.83. The van der Waals surface area contributed by atoms with E-state index in [1.54, 1.807) is 12.1 Å². The van der Waals surface area contributed by atoms with Gasteiger partial charge in [-0.1, -0.05) is 28.8 Å². The van der Waals surface area contributed by atoms with Crippen molar-refractivity contribution in [3.8, 4) is 0 Å². The fraction of sp³-hybridized carbons (Fsp3) is 0.611. The number of nitro benzene ring substituents is 1. The summed E-state index contributed by atoms with van der Waals surface area (Å²) in [5, 5.41) is 11.3. The lowest BCUT2D eigenvalue weighted by atomic mass is 9.94. The van der Waals surface area contributed by atoms with Crippen LogP contribution in [0.1, 0.15) is 38.5 Å². The molecule has 2 heterocycles. The Morgan fingerprint density at radius 3 is 2.32 bits per heavy atom. The van der Waals surface area contributed by atoms with Crippen LogP contribution in [-0.2, 0) is 4.79 Å². The summed E-state index contributed by atoms with van der Waals surface area (Å²) < 4.78 is 0.703. The number of benzene rings is 1. The maximum atomic E-state index is 12.8. The minimum absolute atomic E-state index is 0.0591. The van der Waals surface area contributed by atoms with Crippen molar-refractivity contribution in [2.75, 3.05) is 31.1 Å². The molecule has 0 saturated carbocycles. The lowest BCUT2D eigenvalue weighted by molar-refractivity contribution is -0.384. The van der Waals surface area contributed by atoms with Gasteiger partial charge in [-0.05, 0) is 37.8 Å². The molecular formula is C18H24BrN3O3. The van der Waals surface area contributed by atoms with Crippen LogP contribution >= 0.6 is 15.9 Å². The van der Waals surface area contributed by atoms with Crippen LogP contribution in [0.3, 0.4) is 0 Å². The number of nitrogens with zero attached hydrogens (tertiary/aromatic N) is 3. The molecule has 25 heavy (non-hydrogen) atoms. The third kappa shape index (κ3) is 4.32. The van der Waals surface area contributed by atoms with Crippen LogP contribution in [0, 0.1) is 16.0 Å². The van der Waals surface area contributed by atoms with Gasteiger partial charge >= 0.3 is 0 Å². The molecule has 0 atom stereocenters. The molecular weight excluding hydrogens is 386 g/mol. The molecule has 0 bridgehead atoms. The fourth-order valence-corrected chi connectivity index (χ4v) is 4.18. The van der Waals surface area contributed by atoms with Gasteiger partial charge in [0.05, 0.1) is 4.92 Å². The number of carbonyl (C=O) groups is 1. The van der Waals surface area contributed by atoms with Crippen molar-refractivity contribution in [3.63, 3.8) is 0 Å². The van der Waals surface area contributed by atoms with Crippen LogP contribution in [0.15, 0.2) is 22.7 Å². The average Bonchev–Trinajstić information content (AvgIpc) is 2.90. The Morgan fingerprint density at radius 2 is 1.72 bits per heavy atom. The zero-order chi connectivity index (χ0) is 17.8. The molecule has 2 fully saturated rings. The van der Waals surface area contributed by atoms with Crippen molar-refractivity contribution in [3.05, 3.63) is 32.8 Å². The second-order valence-corrected chi connectivity index (χ2v) is 7.81. The Morgan fingerprint density at radius 1 is 1.08 bits per heavy atom. The van der Waals surface area contributed by atoms with E-state index in [2.05, 4.69) is 15.9 Å². The maximum Gasteiger partial charge on any atom is 0.293 e. The van der Waals surface area contributed by atoms with E-state index >= 15 is 0 Å². The molecule has 1 amide bonds. The maximum absolute atomic E-state index is 12.8. The average molecular weight is 410 g/mol. The molecule has 7 heteroatoms. The zero-order valence-electron chi connectivity index (χ0n) is 14.3. The smallest absolute Gasteiger partial charge is 0.293 e. The van der Waals surface area contributed by atoms with Crippen molar-refractivity contribution in [2.45, 2.75) is 38.5 Å². The van der Waals surface area contributed by atoms with Gasteiger partial charge in [0.1, 0.15) is 5.69 Å². The number of anilines is 1. The number of rotatable bonds is 3. The van der Waals surface area contributed by atoms with Crippen LogP contribution in [0.25, 0.3) is 0 Å². The highest BCUT2D eigenvalue weighted by Crippen LogP contribution is 2.34. The van der Waals surface area contributed by atoms with E-state index in [0.717, 1.165) is 38.8 Å². The van der Waals surface area contributed by atoms with E-state index in [9.17, 15) is 14.9 Å². The number of likely N-dealkylation sites (tertiary alicyclic amines) is 1. The van der Waals surface area contributed by atoms with Gasteiger partial charge in [-0.2, -0.15) is 0 Å². The summed E-state index contributed by atoms with van der Waals surface area (Å²) in [5.74, 6) is 0.343. The van der Waals surface area contributed by atoms with E-state index < -0.39 is 0 Å². The largest absolute Gasteiger partial charge is 0.366 e. The molecule has 1 aromatic rings. The summed E-state index contributed by atoms with van der Waals surface area (Å²) in [6, 6.07) is 5.17. The van der Waals surface area contributed by atoms with Gasteiger partial charge in [-0.3, -0.25) is 14.9 Å². The van der Waals surface area contributed by atoms with E-state index in [1.807, 2.05) is 15.9 Å². The highest BCUT2D eigenvalue weighted by molar-refractivity contribution is 9.10. The molecule has 136 valence electrons. The van der Waals surface area contributed by atoms with Crippen molar-refractivity contribution in [1.29, 1.82) is 0 Å². The Bertz CT molecular complexity index is 636. The summed E-state index contributed by atoms with van der Waals surface area (Å²) >= 11 is 3.29. The summed E-state index contributed by atoms with van der Waals surface area (Å²) in [6.07, 6.45) is 6.18. The molecule has 0 aliphatic carbocycles. The monoisotopic (exact) mass is 409 g/mol. The zero-order valence-corrected chi connectivity index (χ0v) is 15.9. The van der Waals surface area contributed by atoms with Gasteiger partial charge in [-0.25, -0.2) is 0 Å². The topological polar surface area (TPSA) is 66.7 Å². The van der Waals surface area contributed by atoms with Crippen LogP contribution < -0.4 is 4.90 Å². The van der Waals surface area contributed by atoms with Crippen molar-refractivity contribution in [2.24, 2.45) is 5.92 Å². The third-order valence-electron chi connectivity index (χ3n) is 5.24. The van der Waals surface area contributed by atoms with Gasteiger partial charge < -0.3 is 9.80 Å². The van der Waals surface area contributed by atoms with Crippen molar-refractivity contribution >= 4 is 33.2 Å². The quantitative estimate of drug-likeness (QED) is 0.559. The molecule has 2 aliphatic rings. The predicted octanol–water partition coefficient (Wildman–Crippen LogP) is 3.98. The van der Waals surface area contributed by atoms with Gasteiger partial charge in [0, 0.05) is 42.6 Å². The molecule has 0 spiro atoms. The van der Waals surface area contributed by atoms with Crippen molar-refractivity contribution < 1.29 is 9.72 Å². The summed E-state index contributed by atoms with van der Waals surface area (Å²) in [7, 11) is 0. The first-order valence-electron chi connectivity index (χ1n) is 9.04. The third-order valence-corrected chi connectivity index (χ3v) is 5.73. The summed E-state index contributed by atoms with van der Waals surface area (Å²) in [4.78, 5) is 27.8. The summed E-state index contributed by atoms with van der Waals surface area (Å²) in [6.45, 7) is 3.15. The number of piperidine rings is 1. The Balaban J connectivity index is 1.64.